The molecule has 0 spiro atoms. The minimum absolute atomic E-state index is 0.104. The van der Waals surface area contributed by atoms with Gasteiger partial charge in [-0.3, -0.25) is 4.79 Å². The number of aromatic nitrogens is 2. The van der Waals surface area contributed by atoms with Crippen LogP contribution in [-0.4, -0.2) is 28.2 Å². The first-order valence-electron chi connectivity index (χ1n) is 9.99. The number of thioether (sulfide) groups is 1. The maximum absolute atomic E-state index is 12.3. The fraction of sp³-hybridized carbons (Fsp3) is 0.364. The normalized spacial score (nSPS) is 10.7. The van der Waals surface area contributed by atoms with Crippen LogP contribution in [0.1, 0.15) is 44.4 Å². The van der Waals surface area contributed by atoms with Crippen molar-refractivity contribution in [2.45, 2.75) is 44.6 Å². The molecule has 0 saturated carbocycles. The van der Waals surface area contributed by atoms with Crippen molar-refractivity contribution in [2.24, 2.45) is 0 Å². The summed E-state index contributed by atoms with van der Waals surface area (Å²) in [5.41, 5.74) is 2.38. The van der Waals surface area contributed by atoms with E-state index in [-0.39, 0.29) is 5.91 Å². The minimum atomic E-state index is -0.104. The SMILES string of the molecule is CCCCc1ccc(C#N)c(SCCC(=O)Nc2nc3ccc(OCC)cc3s2)n1. The highest BCUT2D eigenvalue weighted by Crippen LogP contribution is 2.29. The zero-order chi connectivity index (χ0) is 21.3. The number of anilines is 1. The molecule has 0 saturated heterocycles. The van der Waals surface area contributed by atoms with E-state index in [0.29, 0.717) is 34.5 Å². The molecule has 2 heterocycles. The molecule has 1 N–H and O–H groups in total. The van der Waals surface area contributed by atoms with Crippen LogP contribution < -0.4 is 10.1 Å². The first kappa shape index (κ1) is 22.1. The predicted octanol–water partition coefficient (Wildman–Crippen LogP) is 5.43. The Morgan fingerprint density at radius 3 is 2.90 bits per heavy atom. The van der Waals surface area contributed by atoms with E-state index >= 15 is 0 Å². The number of hydrogen-bond acceptors (Lipinski definition) is 7. The summed E-state index contributed by atoms with van der Waals surface area (Å²) < 4.78 is 6.48. The van der Waals surface area contributed by atoms with E-state index in [1.807, 2.05) is 37.3 Å². The monoisotopic (exact) mass is 440 g/mol. The molecule has 0 aliphatic carbocycles. The van der Waals surface area contributed by atoms with Gasteiger partial charge in [0.15, 0.2) is 5.13 Å². The molecule has 0 unspecified atom stereocenters. The van der Waals surface area contributed by atoms with E-state index in [1.54, 1.807) is 0 Å². The van der Waals surface area contributed by atoms with Crippen LogP contribution in [0.25, 0.3) is 10.2 Å². The lowest BCUT2D eigenvalue weighted by Gasteiger charge is -2.06. The van der Waals surface area contributed by atoms with Gasteiger partial charge in [0.1, 0.15) is 16.8 Å². The maximum atomic E-state index is 12.3. The lowest BCUT2D eigenvalue weighted by molar-refractivity contribution is -0.115. The molecule has 0 aliphatic rings. The molecule has 2 aromatic heterocycles. The van der Waals surface area contributed by atoms with Gasteiger partial charge in [0, 0.05) is 17.9 Å². The Kier molecular flexibility index (Phi) is 8.05. The highest BCUT2D eigenvalue weighted by atomic mass is 32.2. The van der Waals surface area contributed by atoms with Gasteiger partial charge in [0.05, 0.1) is 22.4 Å². The Morgan fingerprint density at radius 1 is 1.27 bits per heavy atom. The van der Waals surface area contributed by atoms with Crippen LogP contribution in [-0.2, 0) is 11.2 Å². The van der Waals surface area contributed by atoms with Gasteiger partial charge in [-0.2, -0.15) is 5.26 Å². The molecule has 6 nitrogen and oxygen atoms in total. The van der Waals surface area contributed by atoms with E-state index in [1.165, 1.54) is 23.1 Å². The maximum Gasteiger partial charge on any atom is 0.226 e. The average molecular weight is 441 g/mol. The fourth-order valence-corrected chi connectivity index (χ4v) is 4.65. The van der Waals surface area contributed by atoms with Gasteiger partial charge in [0.25, 0.3) is 0 Å². The van der Waals surface area contributed by atoms with Gasteiger partial charge >= 0.3 is 0 Å². The topological polar surface area (TPSA) is 87.9 Å². The molecule has 30 heavy (non-hydrogen) atoms. The Balaban J connectivity index is 1.56. The van der Waals surface area contributed by atoms with Crippen molar-refractivity contribution in [3.05, 3.63) is 41.6 Å². The summed E-state index contributed by atoms with van der Waals surface area (Å²) in [6, 6.07) is 11.6. The molecule has 1 aromatic carbocycles. The van der Waals surface area contributed by atoms with Gasteiger partial charge in [-0.15, -0.1) is 11.8 Å². The Labute approximate surface area is 184 Å². The van der Waals surface area contributed by atoms with Gasteiger partial charge in [-0.05, 0) is 50.1 Å². The number of nitrogens with one attached hydrogen (secondary N) is 1. The quantitative estimate of drug-likeness (QED) is 0.423. The first-order chi connectivity index (χ1) is 14.6. The zero-order valence-corrected chi connectivity index (χ0v) is 18.7. The van der Waals surface area contributed by atoms with Crippen LogP contribution in [0.2, 0.25) is 0 Å². The van der Waals surface area contributed by atoms with Gasteiger partial charge in [-0.1, -0.05) is 24.7 Å². The molecular weight excluding hydrogens is 416 g/mol. The summed E-state index contributed by atoms with van der Waals surface area (Å²) in [5, 5.41) is 13.5. The van der Waals surface area contributed by atoms with Crippen LogP contribution in [0.3, 0.4) is 0 Å². The summed E-state index contributed by atoms with van der Waals surface area (Å²) in [6.07, 6.45) is 3.39. The second-order valence-corrected chi connectivity index (χ2v) is 8.71. The number of unbranched alkanes of at least 4 members (excludes halogenated alkanes) is 1. The van der Waals surface area contributed by atoms with Gasteiger partial charge < -0.3 is 10.1 Å². The van der Waals surface area contributed by atoms with Crippen LogP contribution in [0.15, 0.2) is 35.4 Å². The molecule has 1 amide bonds. The Morgan fingerprint density at radius 2 is 2.13 bits per heavy atom. The van der Waals surface area contributed by atoms with Gasteiger partial charge in [-0.25, -0.2) is 9.97 Å². The van der Waals surface area contributed by atoms with E-state index < -0.39 is 0 Å². The van der Waals surface area contributed by atoms with Crippen molar-refractivity contribution in [1.82, 2.24) is 9.97 Å². The highest BCUT2D eigenvalue weighted by Gasteiger charge is 2.11. The molecule has 0 fully saturated rings. The number of fused-ring (bicyclic) bond motifs is 1. The number of carbonyl (C=O) groups excluding carboxylic acids is 1. The summed E-state index contributed by atoms with van der Waals surface area (Å²) in [4.78, 5) is 21.4. The number of nitriles is 1. The third-order valence-electron chi connectivity index (χ3n) is 4.31. The number of rotatable bonds is 10. The molecule has 3 aromatic rings. The average Bonchev–Trinajstić information content (AvgIpc) is 3.14. The van der Waals surface area contributed by atoms with Crippen molar-refractivity contribution in [3.63, 3.8) is 0 Å². The molecule has 0 bridgehead atoms. The van der Waals surface area contributed by atoms with Crippen molar-refractivity contribution < 1.29 is 9.53 Å². The standard InChI is InChI=1S/C22H24N4O2S2/c1-3-5-6-16-8-7-15(14-23)21(24-16)29-12-11-20(27)26-22-25-18-10-9-17(28-4-2)13-19(18)30-22/h7-10,13H,3-6,11-12H2,1-2H3,(H,25,26,27). The van der Waals surface area contributed by atoms with Crippen molar-refractivity contribution in [3.8, 4) is 11.8 Å². The molecule has 156 valence electrons. The Bertz CT molecular complexity index is 1060. The lowest BCUT2D eigenvalue weighted by atomic mass is 10.2. The smallest absolute Gasteiger partial charge is 0.226 e. The number of benzene rings is 1. The predicted molar refractivity (Wildman–Crippen MR) is 122 cm³/mol. The number of carbonyl (C=O) groups is 1. The molecule has 0 aliphatic heterocycles. The largest absolute Gasteiger partial charge is 0.494 e. The third-order valence-corrected chi connectivity index (χ3v) is 6.24. The van der Waals surface area contributed by atoms with E-state index in [4.69, 9.17) is 4.74 Å². The molecule has 0 atom stereocenters. The number of aryl methyl sites for hydroxylation is 1. The number of nitrogens with zero attached hydrogens (tertiary/aromatic N) is 3. The molecule has 3 rings (SSSR count). The van der Waals surface area contributed by atoms with Crippen LogP contribution in [0, 0.1) is 11.3 Å². The van der Waals surface area contributed by atoms with E-state index in [2.05, 4.69) is 28.3 Å². The third kappa shape index (κ3) is 5.94. The van der Waals surface area contributed by atoms with Crippen molar-refractivity contribution >= 4 is 44.4 Å². The van der Waals surface area contributed by atoms with Gasteiger partial charge in [0.2, 0.25) is 5.91 Å². The number of thiazole rings is 1. The summed E-state index contributed by atoms with van der Waals surface area (Å²) >= 11 is 2.87. The van der Waals surface area contributed by atoms with Crippen LogP contribution >= 0.6 is 23.1 Å². The second-order valence-electron chi connectivity index (χ2n) is 6.60. The van der Waals surface area contributed by atoms with Crippen molar-refractivity contribution in [2.75, 3.05) is 17.7 Å². The van der Waals surface area contributed by atoms with Crippen LogP contribution in [0.4, 0.5) is 5.13 Å². The zero-order valence-electron chi connectivity index (χ0n) is 17.1. The number of ether oxygens (including phenoxy) is 1. The lowest BCUT2D eigenvalue weighted by Crippen LogP contribution is -2.12. The fourth-order valence-electron chi connectivity index (χ4n) is 2.81. The van der Waals surface area contributed by atoms with E-state index in [0.717, 1.165) is 40.9 Å². The number of hydrogen-bond donors (Lipinski definition) is 1. The summed E-state index contributed by atoms with van der Waals surface area (Å²) in [7, 11) is 0. The van der Waals surface area contributed by atoms with Crippen LogP contribution in [0.5, 0.6) is 5.75 Å². The second kappa shape index (κ2) is 11.0. The molecule has 8 heteroatoms. The highest BCUT2D eigenvalue weighted by molar-refractivity contribution is 7.99. The summed E-state index contributed by atoms with van der Waals surface area (Å²) in [5.74, 6) is 1.24. The number of pyridine rings is 1. The first-order valence-corrected chi connectivity index (χ1v) is 11.8. The summed E-state index contributed by atoms with van der Waals surface area (Å²) in [6.45, 7) is 4.69. The Hall–Kier alpha value is -2.63. The molecular formula is C22H24N4O2S2. The minimum Gasteiger partial charge on any atom is -0.494 e. The molecule has 0 radical (unpaired) electrons. The van der Waals surface area contributed by atoms with Crippen molar-refractivity contribution in [1.29, 1.82) is 5.26 Å². The number of amides is 1. The van der Waals surface area contributed by atoms with E-state index in [9.17, 15) is 10.1 Å².